The Balaban J connectivity index is 1.73. The lowest BCUT2D eigenvalue weighted by atomic mass is 10.1. The van der Waals surface area contributed by atoms with E-state index >= 15 is 0 Å². The third-order valence-electron chi connectivity index (χ3n) is 3.16. The van der Waals surface area contributed by atoms with E-state index in [4.69, 9.17) is 0 Å². The molecule has 2 N–H and O–H groups in total. The first-order valence-corrected chi connectivity index (χ1v) is 6.47. The van der Waals surface area contributed by atoms with E-state index in [9.17, 15) is 4.79 Å². The van der Waals surface area contributed by atoms with Crippen molar-refractivity contribution in [3.05, 3.63) is 29.6 Å². The first-order valence-electron chi connectivity index (χ1n) is 6.47. The van der Waals surface area contributed by atoms with Gasteiger partial charge in [-0.1, -0.05) is 13.0 Å². The summed E-state index contributed by atoms with van der Waals surface area (Å²) in [5, 5.41) is 6.13. The van der Waals surface area contributed by atoms with Crippen LogP contribution in [0.2, 0.25) is 0 Å². The number of carbonyl (C=O) groups is 1. The van der Waals surface area contributed by atoms with Gasteiger partial charge in [0.2, 0.25) is 0 Å². The highest BCUT2D eigenvalue weighted by atomic mass is 16.2. The lowest BCUT2D eigenvalue weighted by Crippen LogP contribution is -2.34. The minimum Gasteiger partial charge on any atom is -0.336 e. The second kappa shape index (κ2) is 6.35. The average molecular weight is 248 g/mol. The number of nitrogens with zero attached hydrogens (tertiary/aromatic N) is 2. The van der Waals surface area contributed by atoms with E-state index in [1.807, 2.05) is 17.2 Å². The third-order valence-corrected chi connectivity index (χ3v) is 3.16. The lowest BCUT2D eigenvalue weighted by molar-refractivity contribution is 0.217. The van der Waals surface area contributed by atoms with Gasteiger partial charge in [-0.3, -0.25) is 4.98 Å². The number of carbonyl (C=O) groups excluding carboxylic acids is 1. The molecule has 0 spiro atoms. The Hall–Kier alpha value is -1.62. The number of nitrogens with one attached hydrogen (secondary N) is 2. The molecule has 1 aromatic heterocycles. The monoisotopic (exact) mass is 248 g/mol. The fraction of sp³-hybridized carbons (Fsp3) is 0.538. The van der Waals surface area contributed by atoms with Gasteiger partial charge in [-0.2, -0.15) is 0 Å². The molecule has 1 fully saturated rings. The number of pyridine rings is 1. The van der Waals surface area contributed by atoms with E-state index in [1.54, 1.807) is 0 Å². The molecule has 0 aromatic carbocycles. The van der Waals surface area contributed by atoms with Crippen molar-refractivity contribution < 1.29 is 4.79 Å². The van der Waals surface area contributed by atoms with Crippen LogP contribution in [0.1, 0.15) is 18.2 Å². The summed E-state index contributed by atoms with van der Waals surface area (Å²) >= 11 is 0. The maximum absolute atomic E-state index is 11.3. The van der Waals surface area contributed by atoms with Crippen LogP contribution in [0.4, 0.5) is 4.79 Å². The maximum Gasteiger partial charge on any atom is 0.317 e. The number of urea groups is 1. The van der Waals surface area contributed by atoms with Gasteiger partial charge >= 0.3 is 6.03 Å². The molecular weight excluding hydrogens is 228 g/mol. The summed E-state index contributed by atoms with van der Waals surface area (Å²) in [5.74, 6) is 0. The zero-order chi connectivity index (χ0) is 12.8. The molecule has 1 saturated heterocycles. The molecule has 0 radical (unpaired) electrons. The van der Waals surface area contributed by atoms with Crippen LogP contribution in [0.3, 0.4) is 0 Å². The standard InChI is InChI=1S/C13H20N4O/c1-2-11-4-3-5-15-12(11)10-14-6-8-17-9-7-16-13(17)18/h3-5,14H,2,6-10H2,1H3,(H,16,18). The van der Waals surface area contributed by atoms with Crippen molar-refractivity contribution in [3.63, 3.8) is 0 Å². The molecule has 0 bridgehead atoms. The number of rotatable bonds is 6. The van der Waals surface area contributed by atoms with Crippen LogP contribution in [-0.4, -0.2) is 42.1 Å². The van der Waals surface area contributed by atoms with E-state index in [0.29, 0.717) is 0 Å². The summed E-state index contributed by atoms with van der Waals surface area (Å²) in [7, 11) is 0. The number of hydrogen-bond acceptors (Lipinski definition) is 3. The molecule has 0 aliphatic carbocycles. The SMILES string of the molecule is CCc1cccnc1CNCCN1CCNC1=O. The lowest BCUT2D eigenvalue weighted by Gasteiger charge is -2.14. The Kier molecular flexibility index (Phi) is 4.52. The van der Waals surface area contributed by atoms with Crippen LogP contribution in [-0.2, 0) is 13.0 Å². The Morgan fingerprint density at radius 2 is 2.44 bits per heavy atom. The van der Waals surface area contributed by atoms with E-state index in [0.717, 1.165) is 44.8 Å². The maximum atomic E-state index is 11.3. The highest BCUT2D eigenvalue weighted by Crippen LogP contribution is 2.05. The van der Waals surface area contributed by atoms with E-state index < -0.39 is 0 Å². The Labute approximate surface area is 108 Å². The number of hydrogen-bond donors (Lipinski definition) is 2. The quantitative estimate of drug-likeness (QED) is 0.731. The molecule has 1 aromatic rings. The van der Waals surface area contributed by atoms with Crippen LogP contribution < -0.4 is 10.6 Å². The second-order valence-electron chi connectivity index (χ2n) is 4.36. The minimum atomic E-state index is 0.0453. The summed E-state index contributed by atoms with van der Waals surface area (Å²) < 4.78 is 0. The predicted molar refractivity (Wildman–Crippen MR) is 70.3 cm³/mol. The van der Waals surface area contributed by atoms with E-state index in [-0.39, 0.29) is 6.03 Å². The van der Waals surface area contributed by atoms with Gasteiger partial charge in [0.05, 0.1) is 5.69 Å². The molecule has 0 atom stereocenters. The number of aromatic nitrogens is 1. The van der Waals surface area contributed by atoms with Crippen molar-refractivity contribution in [2.45, 2.75) is 19.9 Å². The molecule has 1 aliphatic rings. The van der Waals surface area contributed by atoms with Crippen LogP contribution in [0, 0.1) is 0 Å². The minimum absolute atomic E-state index is 0.0453. The summed E-state index contributed by atoms with van der Waals surface area (Å²) in [4.78, 5) is 17.5. The van der Waals surface area contributed by atoms with Crippen LogP contribution in [0.5, 0.6) is 0 Å². The van der Waals surface area contributed by atoms with E-state index in [1.165, 1.54) is 5.56 Å². The summed E-state index contributed by atoms with van der Waals surface area (Å²) in [6.07, 6.45) is 2.82. The molecule has 5 nitrogen and oxygen atoms in total. The first kappa shape index (κ1) is 12.8. The van der Waals surface area contributed by atoms with E-state index in [2.05, 4.69) is 28.6 Å². The summed E-state index contributed by atoms with van der Waals surface area (Å²) in [6.45, 7) is 6.02. The molecule has 98 valence electrons. The van der Waals surface area contributed by atoms with Crippen molar-refractivity contribution >= 4 is 6.03 Å². The van der Waals surface area contributed by atoms with Gasteiger partial charge in [-0.05, 0) is 18.1 Å². The molecule has 18 heavy (non-hydrogen) atoms. The van der Waals surface area contributed by atoms with Crippen molar-refractivity contribution in [2.75, 3.05) is 26.2 Å². The smallest absolute Gasteiger partial charge is 0.317 e. The normalized spacial score (nSPS) is 14.9. The highest BCUT2D eigenvalue weighted by molar-refractivity contribution is 5.76. The van der Waals surface area contributed by atoms with Crippen molar-refractivity contribution in [3.8, 4) is 0 Å². The van der Waals surface area contributed by atoms with Crippen LogP contribution in [0.15, 0.2) is 18.3 Å². The fourth-order valence-corrected chi connectivity index (χ4v) is 2.10. The molecule has 2 heterocycles. The molecular formula is C13H20N4O. The Morgan fingerprint density at radius 1 is 1.56 bits per heavy atom. The van der Waals surface area contributed by atoms with Crippen LogP contribution in [0.25, 0.3) is 0 Å². The van der Waals surface area contributed by atoms with Crippen molar-refractivity contribution in [2.24, 2.45) is 0 Å². The third kappa shape index (κ3) is 3.20. The molecule has 1 aliphatic heterocycles. The molecule has 5 heteroatoms. The Bertz CT molecular complexity index is 408. The molecule has 0 saturated carbocycles. The van der Waals surface area contributed by atoms with Gasteiger partial charge in [-0.15, -0.1) is 0 Å². The van der Waals surface area contributed by atoms with Gasteiger partial charge < -0.3 is 15.5 Å². The zero-order valence-electron chi connectivity index (χ0n) is 10.8. The number of amides is 2. The molecule has 2 rings (SSSR count). The summed E-state index contributed by atoms with van der Waals surface area (Å²) in [5.41, 5.74) is 2.38. The first-order chi connectivity index (χ1) is 8.81. The van der Waals surface area contributed by atoms with Gasteiger partial charge in [0.1, 0.15) is 0 Å². The fourth-order valence-electron chi connectivity index (χ4n) is 2.10. The Morgan fingerprint density at radius 3 is 3.17 bits per heavy atom. The van der Waals surface area contributed by atoms with Gasteiger partial charge in [0.15, 0.2) is 0 Å². The predicted octanol–water partition coefficient (Wildman–Crippen LogP) is 0.759. The van der Waals surface area contributed by atoms with Gasteiger partial charge in [0, 0.05) is 38.9 Å². The zero-order valence-corrected chi connectivity index (χ0v) is 10.8. The largest absolute Gasteiger partial charge is 0.336 e. The van der Waals surface area contributed by atoms with Crippen molar-refractivity contribution in [1.82, 2.24) is 20.5 Å². The number of aryl methyl sites for hydroxylation is 1. The van der Waals surface area contributed by atoms with Crippen molar-refractivity contribution in [1.29, 1.82) is 0 Å². The summed E-state index contributed by atoms with van der Waals surface area (Å²) in [6, 6.07) is 4.12. The van der Waals surface area contributed by atoms with Crippen LogP contribution >= 0.6 is 0 Å². The second-order valence-corrected chi connectivity index (χ2v) is 4.36. The average Bonchev–Trinajstić information content (AvgIpc) is 2.81. The molecule has 0 unspecified atom stereocenters. The highest BCUT2D eigenvalue weighted by Gasteiger charge is 2.18. The topological polar surface area (TPSA) is 57.3 Å². The van der Waals surface area contributed by atoms with Gasteiger partial charge in [-0.25, -0.2) is 4.79 Å². The molecule has 2 amide bonds. The van der Waals surface area contributed by atoms with Gasteiger partial charge in [0.25, 0.3) is 0 Å².